The largest absolute Gasteiger partial charge is 0.337 e. The Morgan fingerprint density at radius 2 is 1.78 bits per heavy atom. The topological polar surface area (TPSA) is 57.9 Å². The molecule has 1 aromatic heterocycles. The second-order valence-corrected chi connectivity index (χ2v) is 11.8. The highest BCUT2D eigenvalue weighted by atomic mass is 35.5. The fraction of sp³-hybridized carbons (Fsp3) is 0.296. The Morgan fingerprint density at radius 3 is 2.53 bits per heavy atom. The van der Waals surface area contributed by atoms with Gasteiger partial charge in [-0.1, -0.05) is 60.8 Å². The first-order valence-electron chi connectivity index (χ1n) is 12.1. The summed E-state index contributed by atoms with van der Waals surface area (Å²) in [4.78, 5) is 30.9. The summed E-state index contributed by atoms with van der Waals surface area (Å²) in [6.45, 7) is 1.85. The van der Waals surface area contributed by atoms with E-state index in [0.717, 1.165) is 41.3 Å². The summed E-state index contributed by atoms with van der Waals surface area (Å²) in [6.07, 6.45) is 5.24. The number of fused-ring (bicyclic) bond motifs is 1. The monoisotopic (exact) mass is 536 g/mol. The van der Waals surface area contributed by atoms with Gasteiger partial charge in [0, 0.05) is 23.0 Å². The molecule has 2 aromatic carbocycles. The normalized spacial score (nSPS) is 21.3. The lowest BCUT2D eigenvalue weighted by Crippen LogP contribution is -2.38. The molecule has 0 spiro atoms. The van der Waals surface area contributed by atoms with E-state index in [1.807, 2.05) is 72.0 Å². The molecular weight excluding hydrogens is 512 g/mol. The second-order valence-electron chi connectivity index (χ2n) is 9.29. The molecule has 0 saturated heterocycles. The van der Waals surface area contributed by atoms with E-state index in [2.05, 4.69) is 5.10 Å². The number of benzene rings is 2. The van der Waals surface area contributed by atoms with Gasteiger partial charge in [-0.15, -0.1) is 11.3 Å². The minimum atomic E-state index is -0.191. The number of anilines is 2. The van der Waals surface area contributed by atoms with Crippen LogP contribution in [0, 0.1) is 0 Å². The molecule has 3 aliphatic rings. The highest BCUT2D eigenvalue weighted by Gasteiger charge is 2.33. The number of thiazole rings is 1. The summed E-state index contributed by atoms with van der Waals surface area (Å²) in [7, 11) is 1.96. The van der Waals surface area contributed by atoms with Crippen LogP contribution in [0.1, 0.15) is 45.1 Å². The lowest BCUT2D eigenvalue weighted by atomic mass is 9.95. The lowest BCUT2D eigenvalue weighted by Gasteiger charge is -2.23. The van der Waals surface area contributed by atoms with Gasteiger partial charge in [-0.3, -0.25) is 14.2 Å². The summed E-state index contributed by atoms with van der Waals surface area (Å²) >= 11 is 9.25. The van der Waals surface area contributed by atoms with Crippen molar-refractivity contribution in [2.24, 2.45) is 5.10 Å². The molecule has 0 bridgehead atoms. The second kappa shape index (κ2) is 9.25. The van der Waals surface area contributed by atoms with E-state index in [1.165, 1.54) is 22.8 Å². The number of nitrogens with zero attached hydrogens (tertiary/aromatic N) is 4. The summed E-state index contributed by atoms with van der Waals surface area (Å²) in [5.41, 5.74) is 2.83. The predicted octanol–water partition coefficient (Wildman–Crippen LogP) is 4.95. The number of carbonyl (C=O) groups is 1. The number of hydrazone groups is 1. The van der Waals surface area contributed by atoms with Crippen LogP contribution < -0.4 is 24.7 Å². The molecule has 0 atom stereocenters. The van der Waals surface area contributed by atoms with Gasteiger partial charge in [0.1, 0.15) is 14.2 Å². The van der Waals surface area contributed by atoms with E-state index in [1.54, 1.807) is 11.8 Å². The molecule has 1 saturated carbocycles. The van der Waals surface area contributed by atoms with Gasteiger partial charge in [0.05, 0.1) is 22.7 Å². The van der Waals surface area contributed by atoms with E-state index in [-0.39, 0.29) is 17.5 Å². The number of carbonyl (C=O) groups excluding carboxylic acids is 1. The minimum absolute atomic E-state index is 0.0265. The maximum atomic E-state index is 14.1. The number of para-hydroxylation sites is 1. The zero-order valence-electron chi connectivity index (χ0n) is 20.0. The van der Waals surface area contributed by atoms with Crippen LogP contribution in [-0.2, 0) is 4.79 Å². The Hall–Kier alpha value is -2.81. The zero-order chi connectivity index (χ0) is 25.0. The quantitative estimate of drug-likeness (QED) is 0.465. The van der Waals surface area contributed by atoms with Crippen molar-refractivity contribution in [3.8, 4) is 0 Å². The highest BCUT2D eigenvalue weighted by molar-refractivity contribution is 8.08. The van der Waals surface area contributed by atoms with Crippen LogP contribution in [0.25, 0.3) is 10.6 Å². The number of thioether (sulfide) groups is 1. The van der Waals surface area contributed by atoms with Gasteiger partial charge in [-0.05, 0) is 50.1 Å². The number of halogens is 1. The molecule has 6 nitrogen and oxygen atoms in total. The first-order chi connectivity index (χ1) is 17.4. The zero-order valence-corrected chi connectivity index (χ0v) is 22.4. The maximum Gasteiger partial charge on any atom is 0.283 e. The van der Waals surface area contributed by atoms with E-state index >= 15 is 0 Å². The van der Waals surface area contributed by atoms with Crippen molar-refractivity contribution < 1.29 is 4.79 Å². The third-order valence-electron chi connectivity index (χ3n) is 6.99. The van der Waals surface area contributed by atoms with Crippen molar-refractivity contribution in [3.05, 3.63) is 73.1 Å². The van der Waals surface area contributed by atoms with Crippen molar-refractivity contribution in [1.82, 2.24) is 4.57 Å². The Kier molecular flexibility index (Phi) is 6.06. The van der Waals surface area contributed by atoms with Crippen LogP contribution in [0.15, 0.2) is 63.3 Å². The molecule has 6 rings (SSSR count). The van der Waals surface area contributed by atoms with E-state index < -0.39 is 0 Å². The number of aromatic nitrogens is 1. The number of rotatable bonds is 2. The maximum absolute atomic E-state index is 14.1. The number of amides is 1. The summed E-state index contributed by atoms with van der Waals surface area (Å²) < 4.78 is 3.26. The Morgan fingerprint density at radius 1 is 1.03 bits per heavy atom. The molecule has 0 N–H and O–H groups in total. The average Bonchev–Trinajstić information content (AvgIpc) is 3.50. The summed E-state index contributed by atoms with van der Waals surface area (Å²) in [5, 5.41) is 7.58. The SMILES string of the molecule is CC1=NN(c2ccccc2)C(=O)/C1=c1/s/c(=C2\Sc3ccc(Cl)cc3N2C)c(=O)n1C1CCCCC1. The van der Waals surface area contributed by atoms with Gasteiger partial charge < -0.3 is 4.90 Å². The van der Waals surface area contributed by atoms with Gasteiger partial charge in [0.15, 0.2) is 0 Å². The molecule has 2 aliphatic heterocycles. The predicted molar refractivity (Wildman–Crippen MR) is 150 cm³/mol. The first-order valence-corrected chi connectivity index (χ1v) is 14.1. The van der Waals surface area contributed by atoms with Crippen molar-refractivity contribution in [3.63, 3.8) is 0 Å². The first kappa shape index (κ1) is 23.6. The molecule has 0 unspecified atom stereocenters. The third-order valence-corrected chi connectivity index (χ3v) is 9.76. The lowest BCUT2D eigenvalue weighted by molar-refractivity contribution is -0.112. The molecule has 3 heterocycles. The van der Waals surface area contributed by atoms with Crippen LogP contribution in [0.2, 0.25) is 5.02 Å². The third kappa shape index (κ3) is 3.83. The highest BCUT2D eigenvalue weighted by Crippen LogP contribution is 2.46. The van der Waals surface area contributed by atoms with Crippen molar-refractivity contribution in [2.75, 3.05) is 17.0 Å². The van der Waals surface area contributed by atoms with Crippen LogP contribution in [0.3, 0.4) is 0 Å². The molecule has 9 heteroatoms. The van der Waals surface area contributed by atoms with Crippen LogP contribution >= 0.6 is 34.7 Å². The molecular formula is C27H25ClN4O2S2. The van der Waals surface area contributed by atoms with Gasteiger partial charge in [0.2, 0.25) is 0 Å². The Balaban J connectivity index is 1.59. The fourth-order valence-electron chi connectivity index (χ4n) is 5.18. The van der Waals surface area contributed by atoms with Crippen molar-refractivity contribution in [2.45, 2.75) is 50.0 Å². The van der Waals surface area contributed by atoms with Crippen molar-refractivity contribution >= 4 is 68.3 Å². The van der Waals surface area contributed by atoms with E-state index in [0.29, 0.717) is 31.2 Å². The molecule has 3 aromatic rings. The molecule has 0 radical (unpaired) electrons. The van der Waals surface area contributed by atoms with Gasteiger partial charge in [-0.25, -0.2) is 0 Å². The molecule has 1 amide bonds. The van der Waals surface area contributed by atoms with Gasteiger partial charge in [-0.2, -0.15) is 10.1 Å². The van der Waals surface area contributed by atoms with E-state index in [9.17, 15) is 9.59 Å². The minimum Gasteiger partial charge on any atom is -0.337 e. The Labute approximate surface area is 222 Å². The summed E-state index contributed by atoms with van der Waals surface area (Å²) in [6, 6.07) is 15.3. The molecule has 36 heavy (non-hydrogen) atoms. The molecule has 1 aliphatic carbocycles. The molecule has 1 fully saturated rings. The smallest absolute Gasteiger partial charge is 0.283 e. The average molecular weight is 537 g/mol. The van der Waals surface area contributed by atoms with Crippen LogP contribution in [0.5, 0.6) is 0 Å². The van der Waals surface area contributed by atoms with Gasteiger partial charge >= 0.3 is 0 Å². The van der Waals surface area contributed by atoms with Gasteiger partial charge in [0.25, 0.3) is 11.5 Å². The summed E-state index contributed by atoms with van der Waals surface area (Å²) in [5.74, 6) is -0.191. The van der Waals surface area contributed by atoms with E-state index in [4.69, 9.17) is 11.6 Å². The number of hydrogen-bond acceptors (Lipinski definition) is 6. The van der Waals surface area contributed by atoms with Crippen molar-refractivity contribution in [1.29, 1.82) is 0 Å². The molecule has 184 valence electrons. The van der Waals surface area contributed by atoms with Crippen LogP contribution in [0.4, 0.5) is 11.4 Å². The standard InChI is InChI=1S/C27H25ClN4O2S2/c1-16-22(24(33)32(29-16)19-11-7-4-8-12-19)26-31(18-9-5-3-6-10-18)25(34)23(36-26)27-30(2)20-15-17(28)13-14-21(20)35-27/h4,7-8,11-15,18H,3,5-6,9-10H2,1-2H3/b26-22+,27-23-. The van der Waals surface area contributed by atoms with Crippen LogP contribution in [-0.4, -0.2) is 23.2 Å². The number of hydrogen-bond donors (Lipinski definition) is 0. The Bertz CT molecular complexity index is 1590. The fourth-order valence-corrected chi connectivity index (χ4v) is 7.93.